The van der Waals surface area contributed by atoms with Crippen LogP contribution in [0.1, 0.15) is 5.56 Å². The van der Waals surface area contributed by atoms with Crippen molar-refractivity contribution in [3.05, 3.63) is 50.0 Å². The fourth-order valence-corrected chi connectivity index (χ4v) is 2.69. The lowest BCUT2D eigenvalue weighted by Crippen LogP contribution is -1.96. The van der Waals surface area contributed by atoms with E-state index in [1.165, 1.54) is 5.56 Å². The SMILES string of the molecule is Cc1cc(Br)ccc1Nc1ccc(N)cc1I. The van der Waals surface area contributed by atoms with Crippen LogP contribution < -0.4 is 11.1 Å². The molecule has 0 heterocycles. The van der Waals surface area contributed by atoms with Gasteiger partial charge >= 0.3 is 0 Å². The number of anilines is 3. The molecule has 0 aromatic heterocycles. The summed E-state index contributed by atoms with van der Waals surface area (Å²) in [5.74, 6) is 0. The Bertz CT molecular complexity index is 506. The number of hydrogen-bond acceptors (Lipinski definition) is 2. The van der Waals surface area contributed by atoms with E-state index in [1.54, 1.807) is 0 Å². The van der Waals surface area contributed by atoms with Gasteiger partial charge in [0.2, 0.25) is 0 Å². The Kier molecular flexibility index (Phi) is 3.93. The number of nitrogen functional groups attached to an aromatic ring is 1. The maximum absolute atomic E-state index is 5.73. The molecule has 3 N–H and O–H groups in total. The summed E-state index contributed by atoms with van der Waals surface area (Å²) in [5.41, 5.74) is 9.90. The second-order valence-corrected chi connectivity index (χ2v) is 5.90. The topological polar surface area (TPSA) is 38.0 Å². The molecule has 0 bridgehead atoms. The summed E-state index contributed by atoms with van der Waals surface area (Å²) in [7, 11) is 0. The van der Waals surface area contributed by atoms with Crippen molar-refractivity contribution >= 4 is 55.6 Å². The molecule has 0 amide bonds. The molecular weight excluding hydrogens is 391 g/mol. The molecule has 2 nitrogen and oxygen atoms in total. The maximum atomic E-state index is 5.73. The van der Waals surface area contributed by atoms with Gasteiger partial charge in [-0.15, -0.1) is 0 Å². The minimum atomic E-state index is 0.785. The van der Waals surface area contributed by atoms with E-state index in [2.05, 4.69) is 62.9 Å². The molecule has 0 atom stereocenters. The van der Waals surface area contributed by atoms with Crippen LogP contribution in [0.2, 0.25) is 0 Å². The van der Waals surface area contributed by atoms with Gasteiger partial charge in [-0.2, -0.15) is 0 Å². The first-order chi connectivity index (χ1) is 8.06. The van der Waals surface area contributed by atoms with E-state index in [9.17, 15) is 0 Å². The molecule has 0 spiro atoms. The molecule has 88 valence electrons. The van der Waals surface area contributed by atoms with E-state index in [0.29, 0.717) is 0 Å². The van der Waals surface area contributed by atoms with Crippen LogP contribution >= 0.6 is 38.5 Å². The molecule has 0 radical (unpaired) electrons. The highest BCUT2D eigenvalue weighted by Crippen LogP contribution is 2.27. The van der Waals surface area contributed by atoms with Crippen LogP contribution in [0, 0.1) is 10.5 Å². The first kappa shape index (κ1) is 12.7. The number of aryl methyl sites for hydroxylation is 1. The first-order valence-electron chi connectivity index (χ1n) is 5.14. The summed E-state index contributed by atoms with van der Waals surface area (Å²) >= 11 is 5.74. The number of nitrogens with two attached hydrogens (primary N) is 1. The fraction of sp³-hybridized carbons (Fsp3) is 0.0769. The number of halogens is 2. The normalized spacial score (nSPS) is 10.3. The van der Waals surface area contributed by atoms with Gasteiger partial charge in [-0.3, -0.25) is 0 Å². The Hall–Kier alpha value is -0.750. The zero-order valence-corrected chi connectivity index (χ0v) is 13.0. The van der Waals surface area contributed by atoms with Crippen molar-refractivity contribution in [2.24, 2.45) is 0 Å². The second-order valence-electron chi connectivity index (χ2n) is 3.82. The van der Waals surface area contributed by atoms with Crippen LogP contribution in [-0.4, -0.2) is 0 Å². The lowest BCUT2D eigenvalue weighted by Gasteiger charge is -2.12. The summed E-state index contributed by atoms with van der Waals surface area (Å²) in [5, 5.41) is 3.41. The van der Waals surface area contributed by atoms with E-state index < -0.39 is 0 Å². The summed E-state index contributed by atoms with van der Waals surface area (Å²) in [6, 6.07) is 12.0. The molecule has 17 heavy (non-hydrogen) atoms. The predicted octanol–water partition coefficient (Wildman–Crippen LogP) is 4.69. The first-order valence-corrected chi connectivity index (χ1v) is 7.01. The monoisotopic (exact) mass is 402 g/mol. The molecular formula is C13H12BrIN2. The summed E-state index contributed by atoms with van der Waals surface area (Å²) < 4.78 is 2.21. The largest absolute Gasteiger partial charge is 0.399 e. The van der Waals surface area contributed by atoms with Crippen molar-refractivity contribution in [1.82, 2.24) is 0 Å². The average molecular weight is 403 g/mol. The van der Waals surface area contributed by atoms with E-state index in [1.807, 2.05) is 24.3 Å². The number of rotatable bonds is 2. The zero-order valence-electron chi connectivity index (χ0n) is 9.30. The van der Waals surface area contributed by atoms with Crippen LogP contribution in [0.5, 0.6) is 0 Å². The van der Waals surface area contributed by atoms with Crippen LogP contribution in [0.15, 0.2) is 40.9 Å². The molecule has 0 fully saturated rings. The van der Waals surface area contributed by atoms with Gasteiger partial charge in [-0.1, -0.05) is 15.9 Å². The number of hydrogen-bond donors (Lipinski definition) is 2. The minimum Gasteiger partial charge on any atom is -0.399 e. The molecule has 0 unspecified atom stereocenters. The Balaban J connectivity index is 2.31. The molecule has 0 saturated heterocycles. The third-order valence-corrected chi connectivity index (χ3v) is 3.84. The lowest BCUT2D eigenvalue weighted by atomic mass is 10.2. The van der Waals surface area contributed by atoms with Gasteiger partial charge in [0, 0.05) is 19.4 Å². The quantitative estimate of drug-likeness (QED) is 0.565. The van der Waals surface area contributed by atoms with Crippen molar-refractivity contribution in [2.45, 2.75) is 6.92 Å². The lowest BCUT2D eigenvalue weighted by molar-refractivity contribution is 1.41. The highest BCUT2D eigenvalue weighted by molar-refractivity contribution is 14.1. The van der Waals surface area contributed by atoms with Crippen molar-refractivity contribution in [3.63, 3.8) is 0 Å². The Morgan fingerprint density at radius 3 is 2.47 bits per heavy atom. The Morgan fingerprint density at radius 1 is 1.12 bits per heavy atom. The highest BCUT2D eigenvalue weighted by atomic mass is 127. The van der Waals surface area contributed by atoms with Crippen LogP contribution in [0.3, 0.4) is 0 Å². The smallest absolute Gasteiger partial charge is 0.0521 e. The second kappa shape index (κ2) is 5.27. The highest BCUT2D eigenvalue weighted by Gasteiger charge is 2.03. The summed E-state index contributed by atoms with van der Waals surface area (Å²) in [6.07, 6.45) is 0. The van der Waals surface area contributed by atoms with Crippen molar-refractivity contribution in [2.75, 3.05) is 11.1 Å². The molecule has 0 aliphatic carbocycles. The van der Waals surface area contributed by atoms with Gasteiger partial charge in [-0.25, -0.2) is 0 Å². The van der Waals surface area contributed by atoms with Crippen molar-refractivity contribution < 1.29 is 0 Å². The maximum Gasteiger partial charge on any atom is 0.0521 e. The Labute approximate surface area is 123 Å². The van der Waals surface area contributed by atoms with Gasteiger partial charge in [0.05, 0.1) is 5.69 Å². The number of benzene rings is 2. The molecule has 2 aromatic carbocycles. The van der Waals surface area contributed by atoms with Gasteiger partial charge in [0.1, 0.15) is 0 Å². The standard InChI is InChI=1S/C13H12BrIN2/c1-8-6-9(14)2-4-12(8)17-13-5-3-10(16)7-11(13)15/h2-7,17H,16H2,1H3. The van der Waals surface area contributed by atoms with Gasteiger partial charge in [0.15, 0.2) is 0 Å². The molecule has 0 saturated carbocycles. The van der Waals surface area contributed by atoms with Crippen LogP contribution in [0.25, 0.3) is 0 Å². The zero-order chi connectivity index (χ0) is 12.4. The predicted molar refractivity (Wildman–Crippen MR) is 85.7 cm³/mol. The van der Waals surface area contributed by atoms with E-state index in [-0.39, 0.29) is 0 Å². The van der Waals surface area contributed by atoms with E-state index in [4.69, 9.17) is 5.73 Å². The molecule has 4 heteroatoms. The minimum absolute atomic E-state index is 0.785. The van der Waals surface area contributed by atoms with Crippen molar-refractivity contribution in [3.8, 4) is 0 Å². The third kappa shape index (κ3) is 3.13. The van der Waals surface area contributed by atoms with E-state index in [0.717, 1.165) is 25.1 Å². The van der Waals surface area contributed by atoms with E-state index >= 15 is 0 Å². The number of nitrogens with one attached hydrogen (secondary N) is 1. The molecule has 0 aliphatic heterocycles. The average Bonchev–Trinajstić information content (AvgIpc) is 2.25. The molecule has 2 rings (SSSR count). The van der Waals surface area contributed by atoms with Gasteiger partial charge < -0.3 is 11.1 Å². The summed E-state index contributed by atoms with van der Waals surface area (Å²) in [6.45, 7) is 2.08. The van der Waals surface area contributed by atoms with Gasteiger partial charge in [0.25, 0.3) is 0 Å². The third-order valence-electron chi connectivity index (χ3n) is 2.45. The molecule has 2 aromatic rings. The van der Waals surface area contributed by atoms with Crippen LogP contribution in [-0.2, 0) is 0 Å². The Morgan fingerprint density at radius 2 is 1.82 bits per heavy atom. The van der Waals surface area contributed by atoms with Gasteiger partial charge in [-0.05, 0) is 71.5 Å². The summed E-state index contributed by atoms with van der Waals surface area (Å²) in [4.78, 5) is 0. The molecule has 0 aliphatic rings. The fourth-order valence-electron chi connectivity index (χ4n) is 1.55. The van der Waals surface area contributed by atoms with Crippen LogP contribution in [0.4, 0.5) is 17.1 Å². The van der Waals surface area contributed by atoms with Crippen molar-refractivity contribution in [1.29, 1.82) is 0 Å².